The fraction of sp³-hybridized carbons (Fsp3) is 0.308. The second-order valence-corrected chi connectivity index (χ2v) is 9.15. The van der Waals surface area contributed by atoms with Crippen LogP contribution in [0, 0.1) is 6.92 Å². The molecule has 1 aliphatic rings. The monoisotopic (exact) mass is 340 g/mol. The average Bonchev–Trinajstić information content (AvgIpc) is 2.98. The van der Waals surface area contributed by atoms with E-state index in [-0.39, 0.29) is 4.90 Å². The number of hydrogen-bond donors (Lipinski definition) is 1. The molecule has 0 fully saturated rings. The van der Waals surface area contributed by atoms with Crippen LogP contribution in [0.15, 0.2) is 39.1 Å². The summed E-state index contributed by atoms with van der Waals surface area (Å²) in [7, 11) is -7.19. The average molecular weight is 340 g/mol. The van der Waals surface area contributed by atoms with Gasteiger partial charge in [0.1, 0.15) is 0 Å². The number of nitrogens with zero attached hydrogens (tertiary/aromatic N) is 3. The van der Waals surface area contributed by atoms with Crippen LogP contribution in [-0.2, 0) is 33.0 Å². The highest BCUT2D eigenvalue weighted by Gasteiger charge is 2.21. The molecule has 0 bridgehead atoms. The Kier molecular flexibility index (Phi) is 3.58. The molecule has 0 spiro atoms. The molecule has 9 heteroatoms. The second kappa shape index (κ2) is 5.18. The van der Waals surface area contributed by atoms with E-state index in [0.29, 0.717) is 13.1 Å². The van der Waals surface area contributed by atoms with E-state index >= 15 is 0 Å². The van der Waals surface area contributed by atoms with Crippen LogP contribution in [0.5, 0.6) is 0 Å². The predicted octanol–water partition coefficient (Wildman–Crippen LogP) is 1.04. The number of rotatable bonds is 3. The van der Waals surface area contributed by atoms with E-state index in [4.69, 9.17) is 0 Å². The molecule has 1 N–H and O–H groups in total. The van der Waals surface area contributed by atoms with E-state index < -0.39 is 19.9 Å². The third-order valence-corrected chi connectivity index (χ3v) is 7.01. The van der Waals surface area contributed by atoms with Crippen molar-refractivity contribution in [2.75, 3.05) is 6.26 Å². The van der Waals surface area contributed by atoms with E-state index in [2.05, 4.69) is 14.2 Å². The number of hydrogen-bond acceptors (Lipinski definition) is 5. The number of aryl methyl sites for hydroxylation is 1. The van der Waals surface area contributed by atoms with Crippen LogP contribution < -0.4 is 5.32 Å². The van der Waals surface area contributed by atoms with Gasteiger partial charge in [0, 0.05) is 31.1 Å². The molecule has 0 saturated heterocycles. The Morgan fingerprint density at radius 1 is 1.18 bits per heavy atom. The molecule has 3 rings (SSSR count). The molecule has 0 saturated carbocycles. The Balaban J connectivity index is 2.04. The maximum absolute atomic E-state index is 12.7. The molecule has 2 aromatic rings. The summed E-state index contributed by atoms with van der Waals surface area (Å²) >= 11 is 0. The molecule has 22 heavy (non-hydrogen) atoms. The number of benzene rings is 1. The zero-order valence-electron chi connectivity index (χ0n) is 12.2. The van der Waals surface area contributed by atoms with E-state index in [0.717, 1.165) is 20.9 Å². The number of nitrogens with one attached hydrogen (secondary N) is 1. The summed E-state index contributed by atoms with van der Waals surface area (Å²) in [6, 6.07) is 6.26. The lowest BCUT2D eigenvalue weighted by Gasteiger charge is -2.05. The van der Waals surface area contributed by atoms with Crippen LogP contribution in [0.3, 0.4) is 0 Å². The summed E-state index contributed by atoms with van der Waals surface area (Å²) in [5.41, 5.74) is 2.63. The molecular weight excluding hydrogens is 324 g/mol. The highest BCUT2D eigenvalue weighted by atomic mass is 32.3. The van der Waals surface area contributed by atoms with Crippen molar-refractivity contribution >= 4 is 19.9 Å². The highest BCUT2D eigenvalue weighted by molar-refractivity contribution is 8.02. The summed E-state index contributed by atoms with van der Waals surface area (Å²) in [6.45, 7) is 3.08. The fourth-order valence-electron chi connectivity index (χ4n) is 2.18. The first-order chi connectivity index (χ1) is 10.3. The molecule has 2 heterocycles. The Labute approximate surface area is 129 Å². The van der Waals surface area contributed by atoms with E-state index in [1.165, 1.54) is 18.4 Å². The third kappa shape index (κ3) is 2.79. The molecule has 1 aromatic heterocycles. The van der Waals surface area contributed by atoms with Gasteiger partial charge in [-0.3, -0.25) is 0 Å². The van der Waals surface area contributed by atoms with Crippen molar-refractivity contribution in [1.82, 2.24) is 14.5 Å². The first kappa shape index (κ1) is 15.2. The first-order valence-electron chi connectivity index (χ1n) is 6.62. The molecule has 7 nitrogen and oxygen atoms in total. The SMILES string of the molecule is Cc1ccc(S(=O)(=O)N=S(C)(=O)n2cc3c(n2)CNC3)cc1. The van der Waals surface area contributed by atoms with Crippen molar-refractivity contribution in [3.8, 4) is 0 Å². The van der Waals surface area contributed by atoms with Crippen LogP contribution in [0.25, 0.3) is 0 Å². The fourth-order valence-corrected chi connectivity index (χ4v) is 5.30. The lowest BCUT2D eigenvalue weighted by molar-refractivity contribution is 0.597. The van der Waals surface area contributed by atoms with E-state index in [1.54, 1.807) is 18.3 Å². The maximum atomic E-state index is 12.7. The van der Waals surface area contributed by atoms with Gasteiger partial charge in [-0.15, -0.1) is 0 Å². The van der Waals surface area contributed by atoms with Gasteiger partial charge < -0.3 is 5.32 Å². The van der Waals surface area contributed by atoms with Gasteiger partial charge in [-0.05, 0) is 19.1 Å². The van der Waals surface area contributed by atoms with Gasteiger partial charge in [0.25, 0.3) is 10.0 Å². The summed E-state index contributed by atoms with van der Waals surface area (Å²) in [5.74, 6) is 0. The Morgan fingerprint density at radius 3 is 2.50 bits per heavy atom. The molecular formula is C13H16N4O3S2. The minimum absolute atomic E-state index is 0.0223. The van der Waals surface area contributed by atoms with Gasteiger partial charge in [-0.25, -0.2) is 4.21 Å². The predicted molar refractivity (Wildman–Crippen MR) is 83.0 cm³/mol. The number of aromatic nitrogens is 2. The topological polar surface area (TPSA) is 93.4 Å². The normalized spacial score (nSPS) is 17.0. The Morgan fingerprint density at radius 2 is 1.86 bits per heavy atom. The molecule has 118 valence electrons. The van der Waals surface area contributed by atoms with Crippen LogP contribution in [-0.4, -0.2) is 28.1 Å². The zero-order valence-corrected chi connectivity index (χ0v) is 13.8. The largest absolute Gasteiger partial charge is 0.307 e. The number of sulfonamides is 1. The zero-order chi connectivity index (χ0) is 16.0. The van der Waals surface area contributed by atoms with Crippen LogP contribution in [0.4, 0.5) is 0 Å². The first-order valence-corrected chi connectivity index (χ1v) is 9.94. The van der Waals surface area contributed by atoms with Crippen molar-refractivity contribution in [3.05, 3.63) is 47.3 Å². The van der Waals surface area contributed by atoms with Crippen molar-refractivity contribution in [1.29, 1.82) is 0 Å². The second-order valence-electron chi connectivity index (χ2n) is 5.23. The summed E-state index contributed by atoms with van der Waals surface area (Å²) < 4.78 is 42.1. The van der Waals surface area contributed by atoms with Crippen molar-refractivity contribution in [2.24, 2.45) is 3.77 Å². The maximum Gasteiger partial charge on any atom is 0.291 e. The van der Waals surface area contributed by atoms with Gasteiger partial charge in [-0.2, -0.15) is 17.6 Å². The van der Waals surface area contributed by atoms with E-state index in [1.807, 2.05) is 6.92 Å². The molecule has 0 aliphatic carbocycles. The van der Waals surface area contributed by atoms with Gasteiger partial charge in [0.05, 0.1) is 10.6 Å². The smallest absolute Gasteiger partial charge is 0.291 e. The molecule has 1 aromatic carbocycles. The molecule has 0 amide bonds. The van der Waals surface area contributed by atoms with Crippen LogP contribution in [0.1, 0.15) is 16.8 Å². The summed E-state index contributed by atoms with van der Waals surface area (Å²) in [6.07, 6.45) is 2.86. The van der Waals surface area contributed by atoms with E-state index in [9.17, 15) is 12.6 Å². The van der Waals surface area contributed by atoms with Gasteiger partial charge in [-0.1, -0.05) is 21.5 Å². The number of fused-ring (bicyclic) bond motifs is 1. The Bertz CT molecular complexity index is 915. The van der Waals surface area contributed by atoms with Crippen LogP contribution >= 0.6 is 0 Å². The summed E-state index contributed by atoms with van der Waals surface area (Å²) in [4.78, 5) is 0.0223. The standard InChI is InChI=1S/C13H16N4O3S2/c1-10-3-5-12(6-4-10)22(19,20)16-21(2,18)17-9-11-7-14-8-13(11)15-17/h3-6,9,14H,7-8H2,1-2H3. The van der Waals surface area contributed by atoms with Gasteiger partial charge in [0.2, 0.25) is 0 Å². The van der Waals surface area contributed by atoms with Crippen molar-refractivity contribution < 1.29 is 12.6 Å². The van der Waals surface area contributed by atoms with Gasteiger partial charge in [0.15, 0.2) is 9.92 Å². The Hall–Kier alpha value is -1.71. The molecule has 1 aliphatic heterocycles. The molecule has 1 atom stereocenters. The molecule has 0 radical (unpaired) electrons. The molecule has 1 unspecified atom stereocenters. The van der Waals surface area contributed by atoms with Gasteiger partial charge >= 0.3 is 0 Å². The lowest BCUT2D eigenvalue weighted by atomic mass is 10.2. The summed E-state index contributed by atoms with van der Waals surface area (Å²) in [5, 5.41) is 7.28. The van der Waals surface area contributed by atoms with Crippen LogP contribution in [0.2, 0.25) is 0 Å². The van der Waals surface area contributed by atoms with Crippen molar-refractivity contribution in [3.63, 3.8) is 0 Å². The minimum atomic E-state index is -4.00. The minimum Gasteiger partial charge on any atom is -0.307 e. The quantitative estimate of drug-likeness (QED) is 0.901. The van der Waals surface area contributed by atoms with Crippen molar-refractivity contribution in [2.45, 2.75) is 24.9 Å². The third-order valence-electron chi connectivity index (χ3n) is 3.37. The highest BCUT2D eigenvalue weighted by Crippen LogP contribution is 2.18. The lowest BCUT2D eigenvalue weighted by Crippen LogP contribution is -2.15.